The summed E-state index contributed by atoms with van der Waals surface area (Å²) in [5.41, 5.74) is 6.66. The zero-order valence-electron chi connectivity index (χ0n) is 24.4. The highest BCUT2D eigenvalue weighted by atomic mass is 127. The summed E-state index contributed by atoms with van der Waals surface area (Å²) >= 11 is 2.18. The predicted octanol–water partition coefficient (Wildman–Crippen LogP) is 1.44. The molecular weight excluding hydrogens is 689 g/mol. The lowest BCUT2D eigenvalue weighted by molar-refractivity contribution is -0.141. The molecule has 44 heavy (non-hydrogen) atoms. The van der Waals surface area contributed by atoms with Crippen LogP contribution in [0.3, 0.4) is 0 Å². The van der Waals surface area contributed by atoms with Crippen LogP contribution in [0.25, 0.3) is 0 Å². The molecule has 1 fully saturated rings. The lowest BCUT2D eigenvalue weighted by atomic mass is 9.81. The molecule has 1 aliphatic carbocycles. The Bertz CT molecular complexity index is 1160. The summed E-state index contributed by atoms with van der Waals surface area (Å²) in [6, 6.07) is 2.97. The minimum atomic E-state index is -1.50. The first-order valence-electron chi connectivity index (χ1n) is 14.7. The summed E-state index contributed by atoms with van der Waals surface area (Å²) < 4.78 is 1.000. The fourth-order valence-corrected chi connectivity index (χ4v) is 5.62. The van der Waals surface area contributed by atoms with Crippen LogP contribution in [0.15, 0.2) is 24.3 Å². The second kappa shape index (κ2) is 19.0. The van der Waals surface area contributed by atoms with Crippen molar-refractivity contribution in [2.24, 2.45) is 17.6 Å². The van der Waals surface area contributed by atoms with Crippen LogP contribution in [-0.2, 0) is 30.4 Å². The molecule has 244 valence electrons. The van der Waals surface area contributed by atoms with Crippen LogP contribution in [-0.4, -0.2) is 82.3 Å². The van der Waals surface area contributed by atoms with Crippen LogP contribution in [0, 0.1) is 15.4 Å². The molecular formula is C29H42IN5O9. The summed E-state index contributed by atoms with van der Waals surface area (Å²) in [5.74, 6) is -4.29. The summed E-state index contributed by atoms with van der Waals surface area (Å²) in [5, 5.41) is 37.4. The Kier molecular flexibility index (Phi) is 15.9. The number of nitrogens with two attached hydrogens (primary N) is 1. The number of halogens is 1. The molecule has 0 radical (unpaired) electrons. The normalized spacial score (nSPS) is 18.2. The molecule has 0 heterocycles. The maximum Gasteiger partial charge on any atom is 0.326 e. The lowest BCUT2D eigenvalue weighted by Crippen LogP contribution is -2.51. The Hall–Kier alpha value is -3.47. The van der Waals surface area contributed by atoms with Gasteiger partial charge >= 0.3 is 23.9 Å². The molecule has 0 unspecified atom stereocenters. The number of carboxylic acids is 3. The van der Waals surface area contributed by atoms with E-state index in [1.54, 1.807) is 0 Å². The van der Waals surface area contributed by atoms with E-state index in [1.165, 1.54) is 0 Å². The second-order valence-corrected chi connectivity index (χ2v) is 12.2. The van der Waals surface area contributed by atoms with Gasteiger partial charge in [-0.05, 0) is 104 Å². The Balaban J connectivity index is 1.88. The van der Waals surface area contributed by atoms with Crippen LogP contribution in [0.4, 0.5) is 4.79 Å². The van der Waals surface area contributed by atoms with Crippen molar-refractivity contribution in [3.63, 3.8) is 0 Å². The molecule has 1 saturated carbocycles. The number of benzene rings is 1. The van der Waals surface area contributed by atoms with Gasteiger partial charge in [0.2, 0.25) is 11.8 Å². The number of carbonyl (C=O) groups excluding carboxylic acids is 3. The van der Waals surface area contributed by atoms with E-state index in [0.717, 1.165) is 34.8 Å². The van der Waals surface area contributed by atoms with Gasteiger partial charge < -0.3 is 42.3 Å². The highest BCUT2D eigenvalue weighted by Gasteiger charge is 2.29. The topological polar surface area (TPSA) is 237 Å². The third kappa shape index (κ3) is 13.4. The maximum absolute atomic E-state index is 13.2. The largest absolute Gasteiger partial charge is 0.481 e. The third-order valence-corrected chi connectivity index (χ3v) is 8.26. The Morgan fingerprint density at radius 2 is 1.50 bits per heavy atom. The van der Waals surface area contributed by atoms with Gasteiger partial charge in [-0.25, -0.2) is 14.4 Å². The van der Waals surface area contributed by atoms with Gasteiger partial charge in [-0.15, -0.1) is 0 Å². The van der Waals surface area contributed by atoms with Crippen molar-refractivity contribution in [3.8, 4) is 0 Å². The monoisotopic (exact) mass is 731 g/mol. The van der Waals surface area contributed by atoms with E-state index in [-0.39, 0.29) is 37.1 Å². The zero-order valence-corrected chi connectivity index (χ0v) is 26.6. The molecule has 15 heteroatoms. The van der Waals surface area contributed by atoms with Gasteiger partial charge in [0.25, 0.3) is 0 Å². The average molecular weight is 732 g/mol. The molecule has 0 spiro atoms. The molecule has 0 aromatic heterocycles. The first-order chi connectivity index (χ1) is 20.9. The van der Waals surface area contributed by atoms with E-state index in [9.17, 15) is 39.0 Å². The number of aliphatic carboxylic acids is 3. The SMILES string of the molecule is NC[C@H]1CC[C@H](C(=O)N[C@@H](Cc2cccc(I)c2)C(=O)NCCCC[C@H](NC(=O)N[C@@H](CCC(=O)O)C(=O)O)C(=O)O)CC1. The molecule has 14 nitrogen and oxygen atoms in total. The second-order valence-electron chi connectivity index (χ2n) is 11.0. The molecule has 1 aliphatic rings. The Morgan fingerprint density at radius 1 is 0.864 bits per heavy atom. The van der Waals surface area contributed by atoms with Crippen LogP contribution in [0.1, 0.15) is 63.4 Å². The number of carboxylic acid groups (broad SMARTS) is 3. The molecule has 0 aliphatic heterocycles. The smallest absolute Gasteiger partial charge is 0.326 e. The lowest BCUT2D eigenvalue weighted by Gasteiger charge is -2.28. The molecule has 4 amide bonds. The summed E-state index contributed by atoms with van der Waals surface area (Å²) in [6.45, 7) is 0.802. The number of hydrogen-bond acceptors (Lipinski definition) is 7. The van der Waals surface area contributed by atoms with Gasteiger partial charge in [0.05, 0.1) is 0 Å². The molecule has 2 rings (SSSR count). The van der Waals surface area contributed by atoms with Crippen molar-refractivity contribution in [3.05, 3.63) is 33.4 Å². The van der Waals surface area contributed by atoms with Crippen LogP contribution in [0.5, 0.6) is 0 Å². The first kappa shape index (κ1) is 36.7. The van der Waals surface area contributed by atoms with Crippen molar-refractivity contribution in [2.45, 2.75) is 82.3 Å². The highest BCUT2D eigenvalue weighted by Crippen LogP contribution is 2.28. The maximum atomic E-state index is 13.2. The van der Waals surface area contributed by atoms with Crippen LogP contribution in [0.2, 0.25) is 0 Å². The summed E-state index contributed by atoms with van der Waals surface area (Å²) in [7, 11) is 0. The van der Waals surface area contributed by atoms with Crippen molar-refractivity contribution in [1.29, 1.82) is 0 Å². The molecule has 3 atom stereocenters. The molecule has 0 saturated heterocycles. The van der Waals surface area contributed by atoms with E-state index in [2.05, 4.69) is 43.9 Å². The fraction of sp³-hybridized carbons (Fsp3) is 0.586. The fourth-order valence-electron chi connectivity index (χ4n) is 5.01. The summed E-state index contributed by atoms with van der Waals surface area (Å²) in [4.78, 5) is 72.0. The van der Waals surface area contributed by atoms with Gasteiger partial charge in [-0.3, -0.25) is 14.4 Å². The number of carbonyl (C=O) groups is 6. The van der Waals surface area contributed by atoms with Gasteiger partial charge in [0, 0.05) is 28.9 Å². The van der Waals surface area contributed by atoms with E-state index < -0.39 is 48.5 Å². The van der Waals surface area contributed by atoms with Crippen LogP contribution < -0.4 is 27.0 Å². The number of amides is 4. The van der Waals surface area contributed by atoms with E-state index in [1.807, 2.05) is 24.3 Å². The Morgan fingerprint density at radius 3 is 2.07 bits per heavy atom. The van der Waals surface area contributed by atoms with Crippen molar-refractivity contribution >= 4 is 58.3 Å². The number of rotatable bonds is 18. The number of nitrogens with one attached hydrogen (secondary N) is 4. The summed E-state index contributed by atoms with van der Waals surface area (Å²) in [6.07, 6.45) is 3.33. The standard InChI is InChI=1S/C29H42IN5O9/c30-20-5-3-4-18(14-20)15-23(33-25(38)19-9-7-17(16-31)8-10-19)26(39)32-13-2-1-6-21(27(40)41)34-29(44)35-22(28(42)43)11-12-24(36)37/h3-5,14,17,19,21-23H,1-2,6-13,15-16,31H2,(H,32,39)(H,33,38)(H,36,37)(H,40,41)(H,42,43)(H2,34,35,44)/t17-,19-,21-,22-,23-/m0/s1. The average Bonchev–Trinajstić information content (AvgIpc) is 2.97. The number of hydrogen-bond donors (Lipinski definition) is 8. The van der Waals surface area contributed by atoms with Gasteiger partial charge in [-0.2, -0.15) is 0 Å². The molecule has 1 aromatic carbocycles. The molecule has 1 aromatic rings. The zero-order chi connectivity index (χ0) is 32.6. The van der Waals surface area contributed by atoms with Gasteiger partial charge in [0.1, 0.15) is 18.1 Å². The highest BCUT2D eigenvalue weighted by molar-refractivity contribution is 14.1. The third-order valence-electron chi connectivity index (χ3n) is 7.59. The Labute approximate surface area is 269 Å². The quantitative estimate of drug-likeness (QED) is 0.0799. The van der Waals surface area contributed by atoms with Crippen molar-refractivity contribution in [2.75, 3.05) is 13.1 Å². The van der Waals surface area contributed by atoms with E-state index in [4.69, 9.17) is 10.8 Å². The van der Waals surface area contributed by atoms with Gasteiger partial charge in [-0.1, -0.05) is 12.1 Å². The number of urea groups is 1. The minimum Gasteiger partial charge on any atom is -0.481 e. The molecule has 0 bridgehead atoms. The van der Waals surface area contributed by atoms with Gasteiger partial charge in [0.15, 0.2) is 0 Å². The first-order valence-corrected chi connectivity index (χ1v) is 15.7. The minimum absolute atomic E-state index is 0.000418. The van der Waals surface area contributed by atoms with E-state index in [0.29, 0.717) is 31.7 Å². The number of unbranched alkanes of at least 4 members (excludes halogenated alkanes) is 1. The van der Waals surface area contributed by atoms with E-state index >= 15 is 0 Å². The molecule has 9 N–H and O–H groups in total. The van der Waals surface area contributed by atoms with Crippen molar-refractivity contribution in [1.82, 2.24) is 21.3 Å². The van der Waals surface area contributed by atoms with Crippen LogP contribution >= 0.6 is 22.6 Å². The predicted molar refractivity (Wildman–Crippen MR) is 168 cm³/mol. The van der Waals surface area contributed by atoms with Crippen molar-refractivity contribution < 1.29 is 44.1 Å².